The van der Waals surface area contributed by atoms with E-state index >= 15 is 0 Å². The Hall–Kier alpha value is -1.76. The summed E-state index contributed by atoms with van der Waals surface area (Å²) in [6.45, 7) is 1.11. The molecule has 1 atom stereocenters. The van der Waals surface area contributed by atoms with Crippen LogP contribution in [0.3, 0.4) is 0 Å². The number of aliphatic hydroxyl groups is 1. The molecule has 0 saturated carbocycles. The van der Waals surface area contributed by atoms with Gasteiger partial charge in [-0.15, -0.1) is 0 Å². The highest BCUT2D eigenvalue weighted by molar-refractivity contribution is 5.95. The monoisotopic (exact) mass is 263 g/mol. The van der Waals surface area contributed by atoms with Gasteiger partial charge in [-0.2, -0.15) is 4.39 Å². The molecule has 2 N–H and O–H groups in total. The Labute approximate surface area is 101 Å². The number of aromatic hydroxyl groups is 1. The van der Waals surface area contributed by atoms with Gasteiger partial charge in [-0.3, -0.25) is 4.79 Å². The Kier molecular flexibility index (Phi) is 4.18. The van der Waals surface area contributed by atoms with Gasteiger partial charge in [-0.25, -0.2) is 8.78 Å². The average Bonchev–Trinajstić information content (AvgIpc) is 2.37. The number of carbonyl (C=O) groups is 1. The zero-order valence-electron chi connectivity index (χ0n) is 9.75. The first-order valence-electron chi connectivity index (χ1n) is 5.05. The van der Waals surface area contributed by atoms with E-state index in [2.05, 4.69) is 0 Å². The first-order valence-corrected chi connectivity index (χ1v) is 5.05. The van der Waals surface area contributed by atoms with Crippen molar-refractivity contribution in [3.63, 3.8) is 0 Å². The van der Waals surface area contributed by atoms with Crippen LogP contribution in [0.15, 0.2) is 6.07 Å². The number of rotatable bonds is 3. The summed E-state index contributed by atoms with van der Waals surface area (Å²) in [5.41, 5.74) is -0.797. The molecule has 1 aromatic rings. The lowest BCUT2D eigenvalue weighted by atomic mass is 10.1. The van der Waals surface area contributed by atoms with Crippen LogP contribution in [0.4, 0.5) is 13.2 Å². The highest BCUT2D eigenvalue weighted by Crippen LogP contribution is 2.26. The van der Waals surface area contributed by atoms with Gasteiger partial charge in [0.05, 0.1) is 18.2 Å². The van der Waals surface area contributed by atoms with Crippen molar-refractivity contribution in [1.82, 2.24) is 4.90 Å². The Morgan fingerprint density at radius 2 is 1.94 bits per heavy atom. The average molecular weight is 263 g/mol. The van der Waals surface area contributed by atoms with E-state index in [4.69, 9.17) is 10.2 Å². The van der Waals surface area contributed by atoms with Crippen LogP contribution in [0.2, 0.25) is 0 Å². The van der Waals surface area contributed by atoms with Gasteiger partial charge < -0.3 is 15.1 Å². The Morgan fingerprint density at radius 1 is 1.39 bits per heavy atom. The molecule has 0 radical (unpaired) electrons. The van der Waals surface area contributed by atoms with Gasteiger partial charge in [0.1, 0.15) is 0 Å². The number of amides is 1. The van der Waals surface area contributed by atoms with Gasteiger partial charge in [0.2, 0.25) is 5.82 Å². The number of halogens is 3. The summed E-state index contributed by atoms with van der Waals surface area (Å²) < 4.78 is 39.3. The summed E-state index contributed by atoms with van der Waals surface area (Å²) in [4.78, 5) is 12.7. The van der Waals surface area contributed by atoms with Crippen molar-refractivity contribution in [3.8, 4) is 5.75 Å². The molecule has 0 aliphatic carbocycles. The van der Waals surface area contributed by atoms with Crippen molar-refractivity contribution in [2.24, 2.45) is 0 Å². The molecule has 0 aliphatic rings. The van der Waals surface area contributed by atoms with E-state index in [0.717, 1.165) is 4.90 Å². The third-order valence-electron chi connectivity index (χ3n) is 2.61. The zero-order chi connectivity index (χ0) is 14.0. The maximum absolute atomic E-state index is 13.5. The summed E-state index contributed by atoms with van der Waals surface area (Å²) in [6.07, 6.45) is 0. The van der Waals surface area contributed by atoms with Crippen LogP contribution >= 0.6 is 0 Å². The molecule has 0 aliphatic heterocycles. The van der Waals surface area contributed by atoms with Gasteiger partial charge in [0.15, 0.2) is 17.4 Å². The SMILES string of the molecule is CC(CO)N(C)C(=O)c1cc(F)c(F)c(O)c1F. The molecular formula is C11H12F3NO3. The molecule has 0 bridgehead atoms. The molecule has 0 fully saturated rings. The fourth-order valence-electron chi connectivity index (χ4n) is 1.26. The summed E-state index contributed by atoms with van der Waals surface area (Å²) >= 11 is 0. The number of aliphatic hydroxyl groups excluding tert-OH is 1. The molecular weight excluding hydrogens is 251 g/mol. The van der Waals surface area contributed by atoms with Crippen LogP contribution in [0.1, 0.15) is 17.3 Å². The Balaban J connectivity index is 3.22. The van der Waals surface area contributed by atoms with Crippen molar-refractivity contribution >= 4 is 5.91 Å². The molecule has 0 saturated heterocycles. The van der Waals surface area contributed by atoms with Crippen LogP contribution in [0.5, 0.6) is 5.75 Å². The van der Waals surface area contributed by atoms with E-state index in [1.165, 1.54) is 14.0 Å². The normalized spacial score (nSPS) is 12.3. The van der Waals surface area contributed by atoms with Crippen molar-refractivity contribution < 1.29 is 28.2 Å². The molecule has 4 nitrogen and oxygen atoms in total. The molecule has 7 heteroatoms. The molecule has 0 heterocycles. The van der Waals surface area contributed by atoms with Gasteiger partial charge in [0.25, 0.3) is 5.91 Å². The number of nitrogens with zero attached hydrogens (tertiary/aromatic N) is 1. The smallest absolute Gasteiger partial charge is 0.257 e. The number of carbonyl (C=O) groups excluding carboxylic acids is 1. The third-order valence-corrected chi connectivity index (χ3v) is 2.61. The summed E-state index contributed by atoms with van der Waals surface area (Å²) in [6, 6.07) is -0.264. The highest BCUT2D eigenvalue weighted by atomic mass is 19.2. The number of hydrogen-bond donors (Lipinski definition) is 2. The highest BCUT2D eigenvalue weighted by Gasteiger charge is 2.26. The second-order valence-corrected chi connectivity index (χ2v) is 3.83. The van der Waals surface area contributed by atoms with Crippen LogP contribution in [-0.4, -0.2) is 40.7 Å². The van der Waals surface area contributed by atoms with E-state index in [-0.39, 0.29) is 6.61 Å². The minimum absolute atomic E-state index is 0.368. The molecule has 0 aromatic heterocycles. The predicted octanol–water partition coefficient (Wildman–Crippen LogP) is 1.26. The topological polar surface area (TPSA) is 60.8 Å². The summed E-state index contributed by atoms with van der Waals surface area (Å²) in [7, 11) is 1.26. The lowest BCUT2D eigenvalue weighted by Crippen LogP contribution is -2.37. The van der Waals surface area contributed by atoms with Gasteiger partial charge in [0, 0.05) is 7.05 Å². The van der Waals surface area contributed by atoms with Crippen LogP contribution in [-0.2, 0) is 0 Å². The lowest BCUT2D eigenvalue weighted by Gasteiger charge is -2.23. The summed E-state index contributed by atoms with van der Waals surface area (Å²) in [5, 5.41) is 17.8. The van der Waals surface area contributed by atoms with E-state index < -0.39 is 40.7 Å². The van der Waals surface area contributed by atoms with Crippen molar-refractivity contribution in [2.75, 3.05) is 13.7 Å². The molecule has 1 rings (SSSR count). The number of phenolic OH excluding ortho intramolecular Hbond substituents is 1. The molecule has 1 aromatic carbocycles. The number of hydrogen-bond acceptors (Lipinski definition) is 3. The number of likely N-dealkylation sites (N-methyl/N-ethyl adjacent to an activating group) is 1. The van der Waals surface area contributed by atoms with E-state index in [1.54, 1.807) is 0 Å². The predicted molar refractivity (Wildman–Crippen MR) is 56.6 cm³/mol. The van der Waals surface area contributed by atoms with Crippen LogP contribution in [0.25, 0.3) is 0 Å². The van der Waals surface area contributed by atoms with Crippen molar-refractivity contribution in [3.05, 3.63) is 29.1 Å². The number of phenols is 1. The van der Waals surface area contributed by atoms with E-state index in [1.807, 2.05) is 0 Å². The standard InChI is InChI=1S/C11H12F3NO3/c1-5(4-16)15(2)11(18)6-3-7(12)9(14)10(17)8(6)13/h3,5,16-17H,4H2,1-2H3. The number of benzene rings is 1. The first-order chi connectivity index (χ1) is 8.31. The van der Waals surface area contributed by atoms with E-state index in [9.17, 15) is 18.0 Å². The van der Waals surface area contributed by atoms with Gasteiger partial charge >= 0.3 is 0 Å². The fourth-order valence-corrected chi connectivity index (χ4v) is 1.26. The molecule has 1 amide bonds. The molecule has 18 heavy (non-hydrogen) atoms. The van der Waals surface area contributed by atoms with Crippen LogP contribution < -0.4 is 0 Å². The quantitative estimate of drug-likeness (QED) is 0.807. The van der Waals surface area contributed by atoms with Crippen molar-refractivity contribution in [1.29, 1.82) is 0 Å². The minimum Gasteiger partial charge on any atom is -0.503 e. The second kappa shape index (κ2) is 5.26. The maximum atomic E-state index is 13.5. The first kappa shape index (κ1) is 14.3. The Bertz CT molecular complexity index is 479. The van der Waals surface area contributed by atoms with E-state index in [0.29, 0.717) is 6.07 Å². The molecule has 0 spiro atoms. The summed E-state index contributed by atoms with van der Waals surface area (Å²) in [5.74, 6) is -7.31. The van der Waals surface area contributed by atoms with Crippen molar-refractivity contribution in [2.45, 2.75) is 13.0 Å². The fraction of sp³-hybridized carbons (Fsp3) is 0.364. The van der Waals surface area contributed by atoms with Gasteiger partial charge in [-0.05, 0) is 13.0 Å². The zero-order valence-corrected chi connectivity index (χ0v) is 9.75. The molecule has 100 valence electrons. The van der Waals surface area contributed by atoms with Gasteiger partial charge in [-0.1, -0.05) is 0 Å². The second-order valence-electron chi connectivity index (χ2n) is 3.83. The third kappa shape index (κ3) is 2.40. The molecule has 1 unspecified atom stereocenters. The maximum Gasteiger partial charge on any atom is 0.257 e. The largest absolute Gasteiger partial charge is 0.503 e. The lowest BCUT2D eigenvalue weighted by molar-refractivity contribution is 0.0675. The minimum atomic E-state index is -1.75. The van der Waals surface area contributed by atoms with Crippen LogP contribution in [0, 0.1) is 17.5 Å². The Morgan fingerprint density at radius 3 is 2.44 bits per heavy atom.